The fourth-order valence-electron chi connectivity index (χ4n) is 2.45. The molecule has 0 aliphatic carbocycles. The Kier molecular flexibility index (Phi) is 2.81. The molecule has 0 aliphatic rings. The van der Waals surface area contributed by atoms with Crippen LogP contribution in [0.2, 0.25) is 0 Å². The second-order valence-corrected chi connectivity index (χ2v) is 5.09. The lowest BCUT2D eigenvalue weighted by atomic mass is 10.0. The summed E-state index contributed by atoms with van der Waals surface area (Å²) in [7, 11) is 0. The topological polar surface area (TPSA) is 56.2 Å². The largest absolute Gasteiger partial charge is 0.389 e. The van der Waals surface area contributed by atoms with E-state index in [-0.39, 0.29) is 0 Å². The predicted molar refractivity (Wildman–Crippen MR) is 77.1 cm³/mol. The molecule has 0 spiro atoms. The summed E-state index contributed by atoms with van der Waals surface area (Å²) in [4.78, 5) is 3.35. The van der Waals surface area contributed by atoms with Crippen LogP contribution in [0, 0.1) is 0 Å². The van der Waals surface area contributed by atoms with Crippen LogP contribution in [0.25, 0.3) is 21.8 Å². The lowest BCUT2D eigenvalue weighted by molar-refractivity contribution is 0.199. The Bertz CT molecular complexity index is 679. The van der Waals surface area contributed by atoms with Gasteiger partial charge in [0.25, 0.3) is 0 Å². The predicted octanol–water partition coefficient (Wildman–Crippen LogP) is 3.43. The zero-order chi connectivity index (χ0) is 13.6. The van der Waals surface area contributed by atoms with E-state index < -0.39 is 12.2 Å². The SMILES string of the molecule is C[C@H](O)c1ccc2[nH]c3ccc([C@H](C)O)cc3c2c1. The van der Waals surface area contributed by atoms with Gasteiger partial charge in [-0.3, -0.25) is 0 Å². The molecule has 0 bridgehead atoms. The van der Waals surface area contributed by atoms with Gasteiger partial charge in [-0.05, 0) is 49.2 Å². The highest BCUT2D eigenvalue weighted by Crippen LogP contribution is 2.30. The first kappa shape index (κ1) is 12.2. The highest BCUT2D eigenvalue weighted by atomic mass is 16.3. The van der Waals surface area contributed by atoms with Crippen molar-refractivity contribution in [2.24, 2.45) is 0 Å². The zero-order valence-electron chi connectivity index (χ0n) is 11.0. The average Bonchev–Trinajstić information content (AvgIpc) is 2.75. The zero-order valence-corrected chi connectivity index (χ0v) is 11.0. The van der Waals surface area contributed by atoms with Crippen molar-refractivity contribution < 1.29 is 10.2 Å². The molecule has 19 heavy (non-hydrogen) atoms. The van der Waals surface area contributed by atoms with Crippen molar-refractivity contribution in [3.8, 4) is 0 Å². The molecule has 0 aliphatic heterocycles. The summed E-state index contributed by atoms with van der Waals surface area (Å²) < 4.78 is 0. The fraction of sp³-hybridized carbons (Fsp3) is 0.250. The molecule has 98 valence electrons. The summed E-state index contributed by atoms with van der Waals surface area (Å²) in [6.07, 6.45) is -0.955. The first-order chi connectivity index (χ1) is 9.06. The van der Waals surface area contributed by atoms with Crippen molar-refractivity contribution in [1.29, 1.82) is 0 Å². The molecule has 0 fully saturated rings. The number of benzene rings is 2. The third kappa shape index (κ3) is 2.01. The molecular formula is C16H17NO2. The molecule has 3 rings (SSSR count). The maximum atomic E-state index is 9.69. The van der Waals surface area contributed by atoms with Crippen molar-refractivity contribution in [2.45, 2.75) is 26.1 Å². The number of aromatic nitrogens is 1. The second-order valence-electron chi connectivity index (χ2n) is 5.09. The Hall–Kier alpha value is -1.84. The van der Waals surface area contributed by atoms with Crippen LogP contribution in [-0.2, 0) is 0 Å². The van der Waals surface area contributed by atoms with Gasteiger partial charge >= 0.3 is 0 Å². The molecule has 2 atom stereocenters. The Labute approximate surface area is 111 Å². The Morgan fingerprint density at radius 1 is 0.789 bits per heavy atom. The molecule has 0 amide bonds. The summed E-state index contributed by atoms with van der Waals surface area (Å²) in [6.45, 7) is 3.52. The number of aliphatic hydroxyl groups is 2. The van der Waals surface area contributed by atoms with Gasteiger partial charge in [-0.15, -0.1) is 0 Å². The second kappa shape index (κ2) is 4.37. The van der Waals surface area contributed by atoms with Crippen LogP contribution in [0.15, 0.2) is 36.4 Å². The summed E-state index contributed by atoms with van der Waals surface area (Å²) in [5.74, 6) is 0. The van der Waals surface area contributed by atoms with Crippen molar-refractivity contribution in [2.75, 3.05) is 0 Å². The Morgan fingerprint density at radius 3 is 1.58 bits per heavy atom. The van der Waals surface area contributed by atoms with Crippen molar-refractivity contribution in [3.05, 3.63) is 47.5 Å². The van der Waals surface area contributed by atoms with Crippen molar-refractivity contribution >= 4 is 21.8 Å². The molecule has 0 saturated heterocycles. The molecule has 0 radical (unpaired) electrons. The van der Waals surface area contributed by atoms with Gasteiger partial charge in [0, 0.05) is 21.8 Å². The van der Waals surface area contributed by atoms with E-state index in [0.717, 1.165) is 32.9 Å². The summed E-state index contributed by atoms with van der Waals surface area (Å²) in [5.41, 5.74) is 3.89. The van der Waals surface area contributed by atoms with E-state index in [2.05, 4.69) is 4.98 Å². The summed E-state index contributed by atoms with van der Waals surface area (Å²) >= 11 is 0. The maximum Gasteiger partial charge on any atom is 0.0762 e. The molecular weight excluding hydrogens is 238 g/mol. The van der Waals surface area contributed by atoms with Crippen LogP contribution < -0.4 is 0 Å². The summed E-state index contributed by atoms with van der Waals surface area (Å²) in [5, 5.41) is 21.5. The standard InChI is InChI=1S/C16H17NO2/c1-9(18)11-3-5-15-13(7-11)14-8-12(10(2)19)4-6-16(14)17-15/h3-10,17-19H,1-2H3/t9-,10-/m0/s1. The Balaban J connectivity index is 2.31. The van der Waals surface area contributed by atoms with Gasteiger partial charge in [0.2, 0.25) is 0 Å². The van der Waals surface area contributed by atoms with E-state index in [0.29, 0.717) is 0 Å². The minimum absolute atomic E-state index is 0.478. The number of aromatic amines is 1. The van der Waals surface area contributed by atoms with Crippen LogP contribution in [0.5, 0.6) is 0 Å². The third-order valence-electron chi connectivity index (χ3n) is 3.61. The highest BCUT2D eigenvalue weighted by Gasteiger charge is 2.09. The van der Waals surface area contributed by atoms with E-state index in [1.807, 2.05) is 36.4 Å². The van der Waals surface area contributed by atoms with Crippen molar-refractivity contribution in [1.82, 2.24) is 4.98 Å². The van der Waals surface area contributed by atoms with Gasteiger partial charge < -0.3 is 15.2 Å². The average molecular weight is 255 g/mol. The van der Waals surface area contributed by atoms with E-state index in [1.165, 1.54) is 0 Å². The third-order valence-corrected chi connectivity index (χ3v) is 3.61. The first-order valence-corrected chi connectivity index (χ1v) is 6.47. The van der Waals surface area contributed by atoms with Crippen LogP contribution >= 0.6 is 0 Å². The first-order valence-electron chi connectivity index (χ1n) is 6.47. The Morgan fingerprint density at radius 2 is 1.21 bits per heavy atom. The molecule has 1 aromatic heterocycles. The molecule has 3 N–H and O–H groups in total. The number of aliphatic hydroxyl groups excluding tert-OH is 2. The lowest BCUT2D eigenvalue weighted by Gasteiger charge is -2.05. The number of fused-ring (bicyclic) bond motifs is 3. The number of nitrogens with one attached hydrogen (secondary N) is 1. The fourth-order valence-corrected chi connectivity index (χ4v) is 2.45. The molecule has 2 aromatic carbocycles. The summed E-state index contributed by atoms with van der Waals surface area (Å²) in [6, 6.07) is 11.8. The number of hydrogen-bond acceptors (Lipinski definition) is 2. The minimum atomic E-state index is -0.478. The molecule has 0 unspecified atom stereocenters. The quantitative estimate of drug-likeness (QED) is 0.657. The van der Waals surface area contributed by atoms with Crippen LogP contribution in [0.1, 0.15) is 37.2 Å². The molecule has 0 saturated carbocycles. The van der Waals surface area contributed by atoms with E-state index in [9.17, 15) is 10.2 Å². The van der Waals surface area contributed by atoms with Gasteiger partial charge in [0.1, 0.15) is 0 Å². The number of hydrogen-bond donors (Lipinski definition) is 3. The number of H-pyrrole nitrogens is 1. The van der Waals surface area contributed by atoms with Crippen LogP contribution in [0.4, 0.5) is 0 Å². The minimum Gasteiger partial charge on any atom is -0.389 e. The maximum absolute atomic E-state index is 9.69. The molecule has 3 aromatic rings. The molecule has 3 nitrogen and oxygen atoms in total. The van der Waals surface area contributed by atoms with Gasteiger partial charge in [0.15, 0.2) is 0 Å². The molecule has 1 heterocycles. The van der Waals surface area contributed by atoms with E-state index in [1.54, 1.807) is 13.8 Å². The van der Waals surface area contributed by atoms with Gasteiger partial charge in [-0.2, -0.15) is 0 Å². The van der Waals surface area contributed by atoms with Gasteiger partial charge in [0.05, 0.1) is 12.2 Å². The van der Waals surface area contributed by atoms with Crippen LogP contribution in [0.3, 0.4) is 0 Å². The van der Waals surface area contributed by atoms with Crippen LogP contribution in [-0.4, -0.2) is 15.2 Å². The molecule has 3 heteroatoms. The normalized spacial score (nSPS) is 14.9. The van der Waals surface area contributed by atoms with Crippen molar-refractivity contribution in [3.63, 3.8) is 0 Å². The van der Waals surface area contributed by atoms with Gasteiger partial charge in [-0.25, -0.2) is 0 Å². The lowest BCUT2D eigenvalue weighted by Crippen LogP contribution is -1.90. The number of rotatable bonds is 2. The monoisotopic (exact) mass is 255 g/mol. The highest BCUT2D eigenvalue weighted by molar-refractivity contribution is 6.07. The van der Waals surface area contributed by atoms with Gasteiger partial charge in [-0.1, -0.05) is 12.1 Å². The van der Waals surface area contributed by atoms with E-state index in [4.69, 9.17) is 0 Å². The smallest absolute Gasteiger partial charge is 0.0762 e. The van der Waals surface area contributed by atoms with E-state index >= 15 is 0 Å².